The maximum Gasteiger partial charge on any atom is 0.253 e. The minimum absolute atomic E-state index is 0.263. The molecule has 0 radical (unpaired) electrons. The molecule has 5 nitrogen and oxygen atoms in total. The normalized spacial score (nSPS) is 10.2. The topological polar surface area (TPSA) is 80.9 Å². The van der Waals surface area contributed by atoms with E-state index in [0.717, 1.165) is 5.69 Å². The van der Waals surface area contributed by atoms with E-state index in [1.807, 2.05) is 0 Å². The first kappa shape index (κ1) is 13.3. The molecule has 0 atom stereocenters. The number of aryl methyl sites for hydroxylation is 1. The van der Waals surface area contributed by atoms with Crippen LogP contribution in [-0.4, -0.2) is 15.9 Å². The second-order valence-corrected chi connectivity index (χ2v) is 4.42. The monoisotopic (exact) mass is 276 g/mol. The summed E-state index contributed by atoms with van der Waals surface area (Å²) in [4.78, 5) is 20.1. The van der Waals surface area contributed by atoms with Gasteiger partial charge in [-0.1, -0.05) is 11.6 Å². The quantitative estimate of drug-likeness (QED) is 0.840. The van der Waals surface area contributed by atoms with Gasteiger partial charge in [0.2, 0.25) is 0 Å². The number of amides is 1. The van der Waals surface area contributed by atoms with Crippen LogP contribution in [0.5, 0.6) is 0 Å². The van der Waals surface area contributed by atoms with Crippen LogP contribution >= 0.6 is 11.6 Å². The van der Waals surface area contributed by atoms with Gasteiger partial charge in [-0.3, -0.25) is 4.79 Å². The van der Waals surface area contributed by atoms with E-state index in [1.54, 1.807) is 37.4 Å². The average molecular weight is 277 g/mol. The summed E-state index contributed by atoms with van der Waals surface area (Å²) in [6, 6.07) is 6.52. The zero-order valence-corrected chi connectivity index (χ0v) is 11.1. The van der Waals surface area contributed by atoms with Gasteiger partial charge in [0.1, 0.15) is 5.82 Å². The first-order valence-electron chi connectivity index (χ1n) is 5.68. The number of benzene rings is 1. The summed E-state index contributed by atoms with van der Waals surface area (Å²) in [5.74, 6) is 0.401. The molecule has 0 spiro atoms. The van der Waals surface area contributed by atoms with Gasteiger partial charge in [-0.05, 0) is 31.2 Å². The first-order chi connectivity index (χ1) is 9.06. The van der Waals surface area contributed by atoms with Crippen molar-refractivity contribution in [3.05, 3.63) is 52.6 Å². The third-order valence-corrected chi connectivity index (χ3v) is 2.81. The van der Waals surface area contributed by atoms with Crippen LogP contribution in [0.25, 0.3) is 0 Å². The van der Waals surface area contributed by atoms with Crippen LogP contribution < -0.4 is 11.1 Å². The van der Waals surface area contributed by atoms with Gasteiger partial charge in [0.05, 0.1) is 22.8 Å². The third kappa shape index (κ3) is 3.42. The van der Waals surface area contributed by atoms with Crippen molar-refractivity contribution in [2.24, 2.45) is 0 Å². The van der Waals surface area contributed by atoms with Gasteiger partial charge in [-0.15, -0.1) is 0 Å². The average Bonchev–Trinajstić information content (AvgIpc) is 2.36. The molecule has 0 aliphatic carbocycles. The number of nitrogens with zero attached hydrogens (tertiary/aromatic N) is 2. The number of nitrogen functional groups attached to an aromatic ring is 1. The Bertz CT molecular complexity index is 615. The summed E-state index contributed by atoms with van der Waals surface area (Å²) in [7, 11) is 0. The maximum atomic E-state index is 12.0. The highest BCUT2D eigenvalue weighted by molar-refractivity contribution is 6.34. The van der Waals surface area contributed by atoms with Crippen molar-refractivity contribution in [1.29, 1.82) is 0 Å². The van der Waals surface area contributed by atoms with Crippen LogP contribution in [0.4, 0.5) is 5.69 Å². The molecule has 2 aromatic rings. The summed E-state index contributed by atoms with van der Waals surface area (Å²) in [6.45, 7) is 2.12. The Hall–Kier alpha value is -2.14. The fourth-order valence-corrected chi connectivity index (χ4v) is 1.86. The molecule has 1 aromatic heterocycles. The second kappa shape index (κ2) is 5.67. The molecule has 0 saturated carbocycles. The van der Waals surface area contributed by atoms with Crippen LogP contribution in [0.2, 0.25) is 5.02 Å². The van der Waals surface area contributed by atoms with Crippen molar-refractivity contribution in [3.8, 4) is 0 Å². The third-order valence-electron chi connectivity index (χ3n) is 2.50. The Morgan fingerprint density at radius 2 is 2.21 bits per heavy atom. The molecule has 2 rings (SSSR count). The SMILES string of the molecule is Cc1nccc(CNC(=O)c2ccc(N)cc2Cl)n1. The van der Waals surface area contributed by atoms with Gasteiger partial charge in [0.25, 0.3) is 5.91 Å². The summed E-state index contributed by atoms with van der Waals surface area (Å²) < 4.78 is 0. The number of anilines is 1. The summed E-state index contributed by atoms with van der Waals surface area (Å²) in [5.41, 5.74) is 7.23. The van der Waals surface area contributed by atoms with Crippen molar-refractivity contribution in [2.75, 3.05) is 5.73 Å². The standard InChI is InChI=1S/C13H13ClN4O/c1-8-16-5-4-10(18-8)7-17-13(19)11-3-2-9(15)6-12(11)14/h2-6H,7,15H2,1H3,(H,17,19). The highest BCUT2D eigenvalue weighted by atomic mass is 35.5. The van der Waals surface area contributed by atoms with E-state index in [0.29, 0.717) is 28.6 Å². The lowest BCUT2D eigenvalue weighted by Crippen LogP contribution is -2.23. The molecular formula is C13H13ClN4O. The number of carbonyl (C=O) groups excluding carboxylic acids is 1. The molecule has 0 bridgehead atoms. The van der Waals surface area contributed by atoms with E-state index < -0.39 is 0 Å². The van der Waals surface area contributed by atoms with Gasteiger partial charge in [-0.2, -0.15) is 0 Å². The van der Waals surface area contributed by atoms with E-state index in [1.165, 1.54) is 0 Å². The Labute approximate surface area is 115 Å². The lowest BCUT2D eigenvalue weighted by molar-refractivity contribution is 0.0950. The molecule has 19 heavy (non-hydrogen) atoms. The molecular weight excluding hydrogens is 264 g/mol. The molecule has 1 amide bonds. The number of nitrogens with two attached hydrogens (primary N) is 1. The fourth-order valence-electron chi connectivity index (χ4n) is 1.59. The van der Waals surface area contributed by atoms with Crippen LogP contribution in [0.15, 0.2) is 30.5 Å². The minimum Gasteiger partial charge on any atom is -0.399 e. The fraction of sp³-hybridized carbons (Fsp3) is 0.154. The summed E-state index contributed by atoms with van der Waals surface area (Å²) in [6.07, 6.45) is 1.65. The molecule has 1 aromatic carbocycles. The van der Waals surface area contributed by atoms with Crippen molar-refractivity contribution < 1.29 is 4.79 Å². The van der Waals surface area contributed by atoms with Crippen LogP contribution in [0.1, 0.15) is 21.9 Å². The predicted octanol–water partition coefficient (Wildman–Crippen LogP) is 1.95. The van der Waals surface area contributed by atoms with Crippen molar-refractivity contribution >= 4 is 23.2 Å². The number of aromatic nitrogens is 2. The number of hydrogen-bond acceptors (Lipinski definition) is 4. The van der Waals surface area contributed by atoms with Gasteiger partial charge < -0.3 is 11.1 Å². The number of hydrogen-bond donors (Lipinski definition) is 2. The van der Waals surface area contributed by atoms with Crippen molar-refractivity contribution in [3.63, 3.8) is 0 Å². The van der Waals surface area contributed by atoms with Gasteiger partial charge in [0.15, 0.2) is 0 Å². The number of halogens is 1. The number of rotatable bonds is 3. The minimum atomic E-state index is -0.263. The van der Waals surface area contributed by atoms with Crippen molar-refractivity contribution in [1.82, 2.24) is 15.3 Å². The van der Waals surface area contributed by atoms with E-state index in [2.05, 4.69) is 15.3 Å². The molecule has 0 aliphatic heterocycles. The van der Waals surface area contributed by atoms with Crippen LogP contribution in [-0.2, 0) is 6.54 Å². The zero-order chi connectivity index (χ0) is 13.8. The molecule has 0 aliphatic rings. The Morgan fingerprint density at radius 3 is 2.89 bits per heavy atom. The summed E-state index contributed by atoms with van der Waals surface area (Å²) in [5, 5.41) is 3.08. The molecule has 6 heteroatoms. The highest BCUT2D eigenvalue weighted by Crippen LogP contribution is 2.18. The van der Waals surface area contributed by atoms with Gasteiger partial charge in [0, 0.05) is 11.9 Å². The predicted molar refractivity (Wildman–Crippen MR) is 73.8 cm³/mol. The molecule has 0 fully saturated rings. The summed E-state index contributed by atoms with van der Waals surface area (Å²) >= 11 is 5.96. The first-order valence-corrected chi connectivity index (χ1v) is 6.06. The van der Waals surface area contributed by atoms with Gasteiger partial charge >= 0.3 is 0 Å². The molecule has 0 unspecified atom stereocenters. The maximum absolute atomic E-state index is 12.0. The zero-order valence-electron chi connectivity index (χ0n) is 10.4. The van der Waals surface area contributed by atoms with E-state index in [9.17, 15) is 4.79 Å². The molecule has 1 heterocycles. The van der Waals surface area contributed by atoms with E-state index in [-0.39, 0.29) is 5.91 Å². The molecule has 3 N–H and O–H groups in total. The van der Waals surface area contributed by atoms with E-state index >= 15 is 0 Å². The van der Waals surface area contributed by atoms with Crippen LogP contribution in [0.3, 0.4) is 0 Å². The lowest BCUT2D eigenvalue weighted by Gasteiger charge is -2.07. The smallest absolute Gasteiger partial charge is 0.253 e. The Kier molecular flexibility index (Phi) is 3.97. The van der Waals surface area contributed by atoms with Crippen LogP contribution in [0, 0.1) is 6.92 Å². The number of carbonyl (C=O) groups is 1. The largest absolute Gasteiger partial charge is 0.399 e. The Balaban J connectivity index is 2.05. The highest BCUT2D eigenvalue weighted by Gasteiger charge is 2.10. The van der Waals surface area contributed by atoms with Gasteiger partial charge in [-0.25, -0.2) is 9.97 Å². The Morgan fingerprint density at radius 1 is 1.42 bits per heavy atom. The number of nitrogens with one attached hydrogen (secondary N) is 1. The second-order valence-electron chi connectivity index (χ2n) is 4.02. The molecule has 98 valence electrons. The molecule has 0 saturated heterocycles. The van der Waals surface area contributed by atoms with Crippen molar-refractivity contribution in [2.45, 2.75) is 13.5 Å². The lowest BCUT2D eigenvalue weighted by atomic mass is 10.2. The van der Waals surface area contributed by atoms with E-state index in [4.69, 9.17) is 17.3 Å².